The second kappa shape index (κ2) is 5.61. The summed E-state index contributed by atoms with van der Waals surface area (Å²) in [5.74, 6) is -0.944. The van der Waals surface area contributed by atoms with Crippen molar-refractivity contribution in [1.29, 1.82) is 0 Å². The number of rotatable bonds is 2. The molecule has 0 radical (unpaired) electrons. The van der Waals surface area contributed by atoms with Crippen LogP contribution in [0.25, 0.3) is 0 Å². The molecule has 118 valence electrons. The number of nitrogens with zero attached hydrogens (tertiary/aromatic N) is 1. The van der Waals surface area contributed by atoms with E-state index in [0.29, 0.717) is 13.2 Å². The van der Waals surface area contributed by atoms with E-state index >= 15 is 0 Å². The highest BCUT2D eigenvalue weighted by atomic mass is 16.5. The summed E-state index contributed by atoms with van der Waals surface area (Å²) < 4.78 is 10.8. The van der Waals surface area contributed by atoms with Crippen LogP contribution in [0.4, 0.5) is 0 Å². The Labute approximate surface area is 128 Å². The summed E-state index contributed by atoms with van der Waals surface area (Å²) in [6.45, 7) is 4.95. The van der Waals surface area contributed by atoms with E-state index in [4.69, 9.17) is 9.47 Å². The number of carboxylic acid groups (broad SMARTS) is 1. The molecule has 0 aliphatic carbocycles. The number of fused-ring (bicyclic) bond motifs is 1. The van der Waals surface area contributed by atoms with Gasteiger partial charge in [-0.3, -0.25) is 4.79 Å². The Morgan fingerprint density at radius 1 is 1.23 bits per heavy atom. The highest BCUT2D eigenvalue weighted by Crippen LogP contribution is 2.37. The molecule has 2 aliphatic heterocycles. The monoisotopic (exact) mass is 305 g/mol. The zero-order valence-corrected chi connectivity index (χ0v) is 12.7. The summed E-state index contributed by atoms with van der Waals surface area (Å²) in [5, 5.41) is 9.27. The molecule has 1 amide bonds. The maximum absolute atomic E-state index is 12.8. The summed E-state index contributed by atoms with van der Waals surface area (Å²) in [7, 11) is 0. The maximum atomic E-state index is 12.8. The van der Waals surface area contributed by atoms with Gasteiger partial charge in [0, 0.05) is 12.1 Å². The van der Waals surface area contributed by atoms with Gasteiger partial charge in [0.1, 0.15) is 18.3 Å². The molecule has 2 unspecified atom stereocenters. The van der Waals surface area contributed by atoms with Gasteiger partial charge in [0.05, 0.1) is 13.2 Å². The molecule has 1 saturated heterocycles. The Hall–Kier alpha value is -2.08. The van der Waals surface area contributed by atoms with Gasteiger partial charge in [-0.1, -0.05) is 6.07 Å². The van der Waals surface area contributed by atoms with Gasteiger partial charge < -0.3 is 19.5 Å². The first-order chi connectivity index (χ1) is 10.5. The van der Waals surface area contributed by atoms with Crippen molar-refractivity contribution in [2.75, 3.05) is 26.4 Å². The average molecular weight is 305 g/mol. The molecule has 1 fully saturated rings. The van der Waals surface area contributed by atoms with E-state index in [1.165, 1.54) is 4.90 Å². The van der Waals surface area contributed by atoms with E-state index in [9.17, 15) is 14.7 Å². The Kier molecular flexibility index (Phi) is 3.78. The molecule has 0 saturated carbocycles. The van der Waals surface area contributed by atoms with Gasteiger partial charge in [-0.15, -0.1) is 0 Å². The average Bonchev–Trinajstić information content (AvgIpc) is 2.89. The van der Waals surface area contributed by atoms with Crippen LogP contribution in [0.15, 0.2) is 12.1 Å². The zero-order valence-electron chi connectivity index (χ0n) is 12.7. The lowest BCUT2D eigenvalue weighted by molar-refractivity contribution is -0.159. The van der Waals surface area contributed by atoms with Crippen molar-refractivity contribution in [1.82, 2.24) is 4.90 Å². The number of amides is 1. The molecule has 6 nitrogen and oxygen atoms in total. The molecule has 1 aromatic rings. The summed E-state index contributed by atoms with van der Waals surface area (Å²) in [6.07, 6.45) is 0. The number of benzene rings is 1. The fourth-order valence-electron chi connectivity index (χ4n) is 2.95. The first kappa shape index (κ1) is 14.8. The van der Waals surface area contributed by atoms with Crippen LogP contribution < -0.4 is 4.74 Å². The van der Waals surface area contributed by atoms with Crippen molar-refractivity contribution < 1.29 is 24.2 Å². The fraction of sp³-hybridized carbons (Fsp3) is 0.500. The van der Waals surface area contributed by atoms with E-state index in [1.807, 2.05) is 26.0 Å². The minimum Gasteiger partial charge on any atom is -0.492 e. The fourth-order valence-corrected chi connectivity index (χ4v) is 2.95. The standard InChI is InChI=1S/C16H19NO5/c1-9-5-11-12(7-22-14(11)6-10(9)2)15(18)17-3-4-21-8-13(17)16(19)20/h5-6,12-13H,3-4,7-8H2,1-2H3,(H,19,20). The minimum absolute atomic E-state index is 0.0361. The van der Waals surface area contributed by atoms with Crippen molar-refractivity contribution in [3.63, 3.8) is 0 Å². The van der Waals surface area contributed by atoms with Crippen LogP contribution in [0.1, 0.15) is 22.6 Å². The van der Waals surface area contributed by atoms with Crippen LogP contribution in [-0.4, -0.2) is 54.3 Å². The largest absolute Gasteiger partial charge is 0.492 e. The molecule has 3 rings (SSSR count). The van der Waals surface area contributed by atoms with Crippen molar-refractivity contribution in [3.8, 4) is 5.75 Å². The first-order valence-corrected chi connectivity index (χ1v) is 7.34. The number of hydrogen-bond acceptors (Lipinski definition) is 4. The summed E-state index contributed by atoms with van der Waals surface area (Å²) >= 11 is 0. The van der Waals surface area contributed by atoms with Gasteiger partial charge in [-0.05, 0) is 31.0 Å². The van der Waals surface area contributed by atoms with Crippen molar-refractivity contribution in [2.45, 2.75) is 25.8 Å². The number of aliphatic carboxylic acids is 1. The third-order valence-corrected chi connectivity index (χ3v) is 4.40. The van der Waals surface area contributed by atoms with Gasteiger partial charge in [-0.2, -0.15) is 0 Å². The molecular formula is C16H19NO5. The highest BCUT2D eigenvalue weighted by molar-refractivity contribution is 5.89. The molecule has 6 heteroatoms. The molecule has 2 aliphatic rings. The molecule has 0 aromatic heterocycles. The smallest absolute Gasteiger partial charge is 0.328 e. The van der Waals surface area contributed by atoms with Crippen molar-refractivity contribution >= 4 is 11.9 Å². The van der Waals surface area contributed by atoms with Crippen molar-refractivity contribution in [3.05, 3.63) is 28.8 Å². The molecule has 1 aromatic carbocycles. The number of carbonyl (C=O) groups excluding carboxylic acids is 1. The predicted octanol–water partition coefficient (Wildman–Crippen LogP) is 1.09. The van der Waals surface area contributed by atoms with E-state index in [1.54, 1.807) is 0 Å². The van der Waals surface area contributed by atoms with Gasteiger partial charge in [-0.25, -0.2) is 4.79 Å². The van der Waals surface area contributed by atoms with E-state index < -0.39 is 17.9 Å². The molecule has 0 bridgehead atoms. The third kappa shape index (κ3) is 2.43. The minimum atomic E-state index is -1.03. The number of carboxylic acids is 1. The molecule has 0 spiro atoms. The second-order valence-corrected chi connectivity index (χ2v) is 5.80. The first-order valence-electron chi connectivity index (χ1n) is 7.34. The zero-order chi connectivity index (χ0) is 15.9. The second-order valence-electron chi connectivity index (χ2n) is 5.80. The van der Waals surface area contributed by atoms with Crippen LogP contribution in [0, 0.1) is 13.8 Å². The number of aryl methyl sites for hydroxylation is 2. The Morgan fingerprint density at radius 3 is 2.68 bits per heavy atom. The highest BCUT2D eigenvalue weighted by Gasteiger charge is 2.39. The Bertz CT molecular complexity index is 627. The molecule has 22 heavy (non-hydrogen) atoms. The Balaban J connectivity index is 1.88. The van der Waals surface area contributed by atoms with Gasteiger partial charge in [0.2, 0.25) is 5.91 Å². The lowest BCUT2D eigenvalue weighted by Gasteiger charge is -2.34. The van der Waals surface area contributed by atoms with Crippen molar-refractivity contribution in [2.24, 2.45) is 0 Å². The van der Waals surface area contributed by atoms with Crippen LogP contribution in [-0.2, 0) is 14.3 Å². The topological polar surface area (TPSA) is 76.1 Å². The van der Waals surface area contributed by atoms with E-state index in [0.717, 1.165) is 22.4 Å². The number of hydrogen-bond donors (Lipinski definition) is 1. The van der Waals surface area contributed by atoms with Crippen LogP contribution >= 0.6 is 0 Å². The summed E-state index contributed by atoms with van der Waals surface area (Å²) in [4.78, 5) is 25.5. The quantitative estimate of drug-likeness (QED) is 0.885. The van der Waals surface area contributed by atoms with Crippen LogP contribution in [0.3, 0.4) is 0 Å². The van der Waals surface area contributed by atoms with Crippen LogP contribution in [0.2, 0.25) is 0 Å². The third-order valence-electron chi connectivity index (χ3n) is 4.40. The lowest BCUT2D eigenvalue weighted by atomic mass is 9.95. The number of morpholine rings is 1. The number of carbonyl (C=O) groups is 2. The van der Waals surface area contributed by atoms with Gasteiger partial charge in [0.15, 0.2) is 6.04 Å². The molecule has 1 N–H and O–H groups in total. The molecule has 2 atom stereocenters. The van der Waals surface area contributed by atoms with Gasteiger partial charge in [0.25, 0.3) is 0 Å². The lowest BCUT2D eigenvalue weighted by Crippen LogP contribution is -2.54. The maximum Gasteiger partial charge on any atom is 0.328 e. The Morgan fingerprint density at radius 2 is 1.95 bits per heavy atom. The summed E-state index contributed by atoms with van der Waals surface area (Å²) in [5.41, 5.74) is 3.06. The predicted molar refractivity (Wildman–Crippen MR) is 78.1 cm³/mol. The normalized spacial score (nSPS) is 23.8. The molecular weight excluding hydrogens is 286 g/mol. The van der Waals surface area contributed by atoms with Gasteiger partial charge >= 0.3 is 5.97 Å². The number of ether oxygens (including phenoxy) is 2. The molecule has 2 heterocycles. The summed E-state index contributed by atoms with van der Waals surface area (Å²) in [6, 6.07) is 2.99. The van der Waals surface area contributed by atoms with E-state index in [-0.39, 0.29) is 19.1 Å². The van der Waals surface area contributed by atoms with Crippen LogP contribution in [0.5, 0.6) is 5.75 Å². The van der Waals surface area contributed by atoms with E-state index in [2.05, 4.69) is 0 Å². The SMILES string of the molecule is Cc1cc2c(cc1C)C(C(=O)N1CCOCC1C(=O)O)CO2.